The Hall–Kier alpha value is -3.43. The number of hydrogen-bond donors (Lipinski definition) is 0. The van der Waals surface area contributed by atoms with Gasteiger partial charge in [-0.05, 0) is 6.07 Å². The maximum absolute atomic E-state index is 14.2. The van der Waals surface area contributed by atoms with E-state index < -0.39 is 45.5 Å². The van der Waals surface area contributed by atoms with Gasteiger partial charge in [0.2, 0.25) is 16.8 Å². The van der Waals surface area contributed by atoms with E-state index in [1.54, 1.807) is 0 Å². The molecule has 1 aliphatic carbocycles. The van der Waals surface area contributed by atoms with Gasteiger partial charge >= 0.3 is 0 Å². The molecule has 0 fully saturated rings. The van der Waals surface area contributed by atoms with Gasteiger partial charge < -0.3 is 0 Å². The molecular formula is C15H9F4N5. The van der Waals surface area contributed by atoms with E-state index in [0.29, 0.717) is 0 Å². The fourth-order valence-electron chi connectivity index (χ4n) is 2.13. The lowest BCUT2D eigenvalue weighted by Gasteiger charge is -2.34. The summed E-state index contributed by atoms with van der Waals surface area (Å²) in [4.78, 5) is 2.95. The lowest BCUT2D eigenvalue weighted by atomic mass is 9.60. The maximum Gasteiger partial charge on any atom is 0.249 e. The summed E-state index contributed by atoms with van der Waals surface area (Å²) in [6.45, 7) is 0. The van der Waals surface area contributed by atoms with Gasteiger partial charge in [0.05, 0.1) is 30.0 Å². The molecule has 0 unspecified atom stereocenters. The summed E-state index contributed by atoms with van der Waals surface area (Å²) in [5, 5.41) is 36.5. The van der Waals surface area contributed by atoms with Gasteiger partial charge in [-0.2, -0.15) is 25.4 Å². The molecule has 0 aliphatic heterocycles. The van der Waals surface area contributed by atoms with Crippen LogP contribution in [0.15, 0.2) is 11.9 Å². The van der Waals surface area contributed by atoms with Crippen molar-refractivity contribution in [2.45, 2.75) is 20.3 Å². The normalized spacial score (nSPS) is 16.0. The molecule has 9 heteroatoms. The molecule has 122 valence electrons. The highest BCUT2D eigenvalue weighted by atomic mass is 19.2. The Morgan fingerprint density at radius 2 is 1.29 bits per heavy atom. The van der Waals surface area contributed by atoms with Crippen molar-refractivity contribution in [3.05, 3.63) is 34.9 Å². The average molecular weight is 335 g/mol. The summed E-state index contributed by atoms with van der Waals surface area (Å²) in [5.41, 5.74) is -8.18. The molecule has 0 saturated carbocycles. The molecule has 1 aromatic rings. The van der Waals surface area contributed by atoms with E-state index in [1.165, 1.54) is 12.1 Å². The number of rotatable bonds is 0. The number of nitriles is 4. The van der Waals surface area contributed by atoms with Crippen LogP contribution in [0.25, 0.3) is 5.83 Å². The number of allylic oxidation sites excluding steroid dienone is 1. The molecule has 2 rings (SSSR count). The molecule has 0 aromatic carbocycles. The third-order valence-corrected chi connectivity index (χ3v) is 3.28. The van der Waals surface area contributed by atoms with Crippen molar-refractivity contribution in [1.82, 2.24) is 4.98 Å². The number of aromatic nitrogens is 1. The summed E-state index contributed by atoms with van der Waals surface area (Å²) in [6.07, 6.45) is 0. The lowest BCUT2D eigenvalue weighted by Crippen LogP contribution is -2.46. The van der Waals surface area contributed by atoms with Gasteiger partial charge in [0.15, 0.2) is 17.5 Å². The highest BCUT2D eigenvalue weighted by Crippen LogP contribution is 2.54. The second-order valence-corrected chi connectivity index (χ2v) is 4.23. The van der Waals surface area contributed by atoms with Crippen LogP contribution in [-0.2, 0) is 5.41 Å². The van der Waals surface area contributed by atoms with E-state index in [-0.39, 0.29) is 20.9 Å². The van der Waals surface area contributed by atoms with Crippen LogP contribution in [0.1, 0.15) is 26.1 Å². The number of hydrogen-bond acceptors (Lipinski definition) is 5. The minimum atomic E-state index is -3.19. The maximum atomic E-state index is 14.2. The van der Waals surface area contributed by atoms with Crippen LogP contribution in [0, 0.1) is 62.5 Å². The van der Waals surface area contributed by atoms with Crippen LogP contribution in [0.3, 0.4) is 0 Å². The molecule has 1 aromatic heterocycles. The van der Waals surface area contributed by atoms with Crippen molar-refractivity contribution in [2.75, 3.05) is 0 Å². The van der Waals surface area contributed by atoms with Gasteiger partial charge in [-0.1, -0.05) is 14.9 Å². The molecule has 0 atom stereocenters. The molecule has 0 N–H and O–H groups in total. The Morgan fingerprint density at radius 3 is 1.71 bits per heavy atom. The molecule has 24 heavy (non-hydrogen) atoms. The van der Waals surface area contributed by atoms with Crippen LogP contribution in [0.5, 0.6) is 0 Å². The van der Waals surface area contributed by atoms with Crippen molar-refractivity contribution >= 4 is 5.83 Å². The lowest BCUT2D eigenvalue weighted by molar-refractivity contribution is 0.344. The standard InChI is InChI=1S/C13HF4N5.2CH4/c14-7-1-6-8(15)9(16)12(2-18,3-19)13(4-20,5-21)10(6)22-11(7)17;;/h1H;2*1H4. The zero-order valence-electron chi connectivity index (χ0n) is 10.3. The molecule has 1 heterocycles. The minimum Gasteiger partial charge on any atom is -0.219 e. The highest BCUT2D eigenvalue weighted by molar-refractivity contribution is 5.75. The van der Waals surface area contributed by atoms with Gasteiger partial charge in [0, 0.05) is 5.56 Å². The second kappa shape index (κ2) is 6.36. The zero-order valence-corrected chi connectivity index (χ0v) is 10.3. The van der Waals surface area contributed by atoms with E-state index in [2.05, 4.69) is 4.98 Å². The van der Waals surface area contributed by atoms with Crippen LogP contribution >= 0.6 is 0 Å². The SMILES string of the molecule is C.C.N#CC1(C#N)C(F)=C(F)c2cc(F)c(F)nc2C1(C#N)C#N. The van der Waals surface area contributed by atoms with Crippen LogP contribution in [0.2, 0.25) is 0 Å². The van der Waals surface area contributed by atoms with Gasteiger partial charge in [-0.15, -0.1) is 0 Å². The molecule has 0 radical (unpaired) electrons. The topological polar surface area (TPSA) is 108 Å². The van der Waals surface area contributed by atoms with Gasteiger partial charge in [0.25, 0.3) is 0 Å². The minimum absolute atomic E-state index is 0. The number of pyridine rings is 1. The molecule has 0 amide bonds. The van der Waals surface area contributed by atoms with Gasteiger partial charge in [-0.3, -0.25) is 0 Å². The summed E-state index contributed by atoms with van der Waals surface area (Å²) in [5.74, 6) is -7.31. The second-order valence-electron chi connectivity index (χ2n) is 4.23. The Labute approximate surface area is 135 Å². The summed E-state index contributed by atoms with van der Waals surface area (Å²) in [7, 11) is 0. The molecular weight excluding hydrogens is 326 g/mol. The molecule has 0 bridgehead atoms. The van der Waals surface area contributed by atoms with Crippen molar-refractivity contribution in [3.63, 3.8) is 0 Å². The highest BCUT2D eigenvalue weighted by Gasteiger charge is 2.65. The first kappa shape index (κ1) is 20.6. The first-order valence-corrected chi connectivity index (χ1v) is 5.42. The average Bonchev–Trinajstić information content (AvgIpc) is 2.53. The summed E-state index contributed by atoms with van der Waals surface area (Å²) in [6, 6.07) is 4.79. The molecule has 1 aliphatic rings. The van der Waals surface area contributed by atoms with Crippen molar-refractivity contribution in [2.24, 2.45) is 5.41 Å². The molecule has 0 saturated heterocycles. The smallest absolute Gasteiger partial charge is 0.219 e. The number of nitrogens with zero attached hydrogens (tertiary/aromatic N) is 5. The van der Waals surface area contributed by atoms with Crippen LogP contribution in [-0.4, -0.2) is 4.98 Å². The Balaban J connectivity index is 0.00000264. The molecule has 5 nitrogen and oxygen atoms in total. The van der Waals surface area contributed by atoms with E-state index in [4.69, 9.17) is 10.5 Å². The zero-order chi connectivity index (χ0) is 16.7. The summed E-state index contributed by atoms with van der Waals surface area (Å²) < 4.78 is 54.7. The predicted octanol–water partition coefficient (Wildman–Crippen LogP) is 3.57. The fourth-order valence-corrected chi connectivity index (χ4v) is 2.13. The first-order valence-electron chi connectivity index (χ1n) is 5.42. The van der Waals surface area contributed by atoms with E-state index in [1.807, 2.05) is 0 Å². The Kier molecular flexibility index (Phi) is 5.45. The Morgan fingerprint density at radius 1 is 0.833 bits per heavy atom. The van der Waals surface area contributed by atoms with Crippen molar-refractivity contribution < 1.29 is 17.6 Å². The van der Waals surface area contributed by atoms with E-state index in [0.717, 1.165) is 12.1 Å². The van der Waals surface area contributed by atoms with E-state index in [9.17, 15) is 28.1 Å². The molecule has 0 spiro atoms. The summed E-state index contributed by atoms with van der Waals surface area (Å²) >= 11 is 0. The van der Waals surface area contributed by atoms with Crippen LogP contribution < -0.4 is 0 Å². The van der Waals surface area contributed by atoms with E-state index >= 15 is 0 Å². The predicted molar refractivity (Wildman–Crippen MR) is 73.3 cm³/mol. The van der Waals surface area contributed by atoms with Crippen molar-refractivity contribution in [3.8, 4) is 24.3 Å². The first-order chi connectivity index (χ1) is 10.3. The fraction of sp³-hybridized carbons (Fsp3) is 0.267. The van der Waals surface area contributed by atoms with Gasteiger partial charge in [-0.25, -0.2) is 18.2 Å². The number of halogens is 4. The van der Waals surface area contributed by atoms with Crippen molar-refractivity contribution in [1.29, 1.82) is 21.0 Å². The number of fused-ring (bicyclic) bond motifs is 1. The largest absolute Gasteiger partial charge is 0.249 e. The monoisotopic (exact) mass is 335 g/mol. The van der Waals surface area contributed by atoms with Crippen LogP contribution in [0.4, 0.5) is 17.6 Å². The quantitative estimate of drug-likeness (QED) is 0.532. The van der Waals surface area contributed by atoms with Gasteiger partial charge in [0.1, 0.15) is 0 Å². The third-order valence-electron chi connectivity index (χ3n) is 3.28. The Bertz CT molecular complexity index is 865. The third kappa shape index (κ3) is 2.00.